The number of rotatable bonds is 2. The van der Waals surface area contributed by atoms with Crippen LogP contribution in [0.15, 0.2) is 24.3 Å². The van der Waals surface area contributed by atoms with Crippen molar-refractivity contribution in [2.45, 2.75) is 6.92 Å². The van der Waals surface area contributed by atoms with E-state index < -0.39 is 6.03 Å². The molecule has 1 aromatic carbocycles. The second kappa shape index (κ2) is 3.76. The summed E-state index contributed by atoms with van der Waals surface area (Å²) in [5.74, 6) is 0. The van der Waals surface area contributed by atoms with E-state index >= 15 is 0 Å². The van der Waals surface area contributed by atoms with Crippen molar-refractivity contribution in [3.05, 3.63) is 30.3 Å². The van der Waals surface area contributed by atoms with Crippen molar-refractivity contribution in [1.29, 1.82) is 0 Å². The average molecular weight is 163 g/mol. The van der Waals surface area contributed by atoms with Gasteiger partial charge in [0, 0.05) is 12.2 Å². The summed E-state index contributed by atoms with van der Waals surface area (Å²) in [5.41, 5.74) is 5.97. The molecule has 0 fully saturated rings. The molecule has 0 bridgehead atoms. The molecule has 2 N–H and O–H groups in total. The first-order chi connectivity index (χ1) is 5.75. The van der Waals surface area contributed by atoms with Crippen LogP contribution in [0.5, 0.6) is 0 Å². The van der Waals surface area contributed by atoms with E-state index in [4.69, 9.17) is 5.73 Å². The van der Waals surface area contributed by atoms with Crippen molar-refractivity contribution in [2.24, 2.45) is 5.73 Å². The fraction of sp³-hybridized carbons (Fsp3) is 0.222. The highest BCUT2D eigenvalue weighted by Gasteiger charge is 2.07. The monoisotopic (exact) mass is 163 g/mol. The second-order valence-corrected chi connectivity index (χ2v) is 2.34. The van der Waals surface area contributed by atoms with Crippen LogP contribution in [0.4, 0.5) is 10.5 Å². The zero-order chi connectivity index (χ0) is 8.97. The summed E-state index contributed by atoms with van der Waals surface area (Å²) in [6, 6.07) is 9.55. The standard InChI is InChI=1S/C9H11N2O/c1-2-11(9(10)12)8-6-4-3-5-7-8/h4-7H,2H2,1H3,(H2,10,12). The molecule has 0 aromatic heterocycles. The maximum Gasteiger partial charge on any atom is 0.319 e. The normalized spacial score (nSPS) is 9.42. The largest absolute Gasteiger partial charge is 0.351 e. The highest BCUT2D eigenvalue weighted by molar-refractivity contribution is 5.90. The van der Waals surface area contributed by atoms with Gasteiger partial charge in [0.2, 0.25) is 0 Å². The number of nitrogens with zero attached hydrogens (tertiary/aromatic N) is 1. The summed E-state index contributed by atoms with van der Waals surface area (Å²) in [4.78, 5) is 12.4. The van der Waals surface area contributed by atoms with E-state index in [1.807, 2.05) is 6.92 Å². The Labute approximate surface area is 71.8 Å². The Morgan fingerprint density at radius 2 is 2.17 bits per heavy atom. The quantitative estimate of drug-likeness (QED) is 0.703. The lowest BCUT2D eigenvalue weighted by Crippen LogP contribution is -2.35. The van der Waals surface area contributed by atoms with E-state index in [0.717, 1.165) is 5.69 Å². The van der Waals surface area contributed by atoms with Gasteiger partial charge in [0.15, 0.2) is 0 Å². The van der Waals surface area contributed by atoms with Gasteiger partial charge in [0.05, 0.1) is 0 Å². The molecule has 0 atom stereocenters. The van der Waals surface area contributed by atoms with Crippen molar-refractivity contribution >= 4 is 11.7 Å². The number of nitrogens with two attached hydrogens (primary N) is 1. The molecule has 0 aliphatic carbocycles. The van der Waals surface area contributed by atoms with Gasteiger partial charge in [-0.05, 0) is 25.1 Å². The summed E-state index contributed by atoms with van der Waals surface area (Å²) in [6.45, 7) is 2.46. The van der Waals surface area contributed by atoms with Crippen LogP contribution in [0.3, 0.4) is 0 Å². The van der Waals surface area contributed by atoms with E-state index in [-0.39, 0.29) is 0 Å². The molecule has 0 unspecified atom stereocenters. The van der Waals surface area contributed by atoms with Gasteiger partial charge in [-0.25, -0.2) is 4.79 Å². The minimum Gasteiger partial charge on any atom is -0.351 e. The molecule has 63 valence electrons. The first-order valence-corrected chi connectivity index (χ1v) is 3.78. The number of benzene rings is 1. The highest BCUT2D eigenvalue weighted by atomic mass is 16.2. The number of urea groups is 1. The predicted octanol–water partition coefficient (Wildman–Crippen LogP) is 1.39. The Morgan fingerprint density at radius 3 is 2.58 bits per heavy atom. The zero-order valence-electron chi connectivity index (χ0n) is 6.95. The first kappa shape index (κ1) is 8.59. The Balaban J connectivity index is 2.88. The van der Waals surface area contributed by atoms with E-state index in [2.05, 4.69) is 6.07 Å². The molecular weight excluding hydrogens is 152 g/mol. The Hall–Kier alpha value is -1.51. The van der Waals surface area contributed by atoms with Gasteiger partial charge in [-0.3, -0.25) is 4.90 Å². The van der Waals surface area contributed by atoms with Crippen LogP contribution < -0.4 is 10.6 Å². The molecule has 12 heavy (non-hydrogen) atoms. The van der Waals surface area contributed by atoms with Gasteiger partial charge < -0.3 is 5.73 Å². The van der Waals surface area contributed by atoms with Gasteiger partial charge in [-0.15, -0.1) is 0 Å². The number of hydrogen-bond donors (Lipinski definition) is 1. The van der Waals surface area contributed by atoms with Gasteiger partial charge in [0.1, 0.15) is 0 Å². The summed E-state index contributed by atoms with van der Waals surface area (Å²) >= 11 is 0. The van der Waals surface area contributed by atoms with E-state index in [0.29, 0.717) is 6.54 Å². The predicted molar refractivity (Wildman–Crippen MR) is 47.9 cm³/mol. The highest BCUT2D eigenvalue weighted by Crippen LogP contribution is 2.11. The van der Waals surface area contributed by atoms with Gasteiger partial charge in [-0.2, -0.15) is 0 Å². The fourth-order valence-corrected chi connectivity index (χ4v) is 1.02. The molecule has 0 aliphatic heterocycles. The third kappa shape index (κ3) is 1.75. The molecule has 0 heterocycles. The van der Waals surface area contributed by atoms with Crippen molar-refractivity contribution < 1.29 is 4.79 Å². The molecule has 3 nitrogen and oxygen atoms in total. The van der Waals surface area contributed by atoms with Crippen LogP contribution >= 0.6 is 0 Å². The van der Waals surface area contributed by atoms with Gasteiger partial charge in [0.25, 0.3) is 0 Å². The Bertz CT molecular complexity index is 258. The second-order valence-electron chi connectivity index (χ2n) is 2.34. The van der Waals surface area contributed by atoms with Crippen LogP contribution in [0.2, 0.25) is 0 Å². The summed E-state index contributed by atoms with van der Waals surface area (Å²) < 4.78 is 0. The third-order valence-corrected chi connectivity index (χ3v) is 1.59. The molecule has 3 heteroatoms. The van der Waals surface area contributed by atoms with E-state index in [1.165, 1.54) is 4.90 Å². The summed E-state index contributed by atoms with van der Waals surface area (Å²) in [5, 5.41) is 0. The number of carbonyl (C=O) groups is 1. The molecule has 0 aliphatic rings. The van der Waals surface area contributed by atoms with Gasteiger partial charge in [-0.1, -0.05) is 12.1 Å². The minimum absolute atomic E-state index is 0.427. The lowest BCUT2D eigenvalue weighted by molar-refractivity contribution is 0.254. The lowest BCUT2D eigenvalue weighted by atomic mass is 10.3. The van der Waals surface area contributed by atoms with Crippen LogP contribution in [-0.2, 0) is 0 Å². The van der Waals surface area contributed by atoms with Crippen LogP contribution in [0.1, 0.15) is 6.92 Å². The zero-order valence-corrected chi connectivity index (χ0v) is 6.95. The molecule has 0 saturated carbocycles. The number of carbonyl (C=O) groups excluding carboxylic acids is 1. The molecular formula is C9H11N2O. The van der Waals surface area contributed by atoms with Crippen LogP contribution in [-0.4, -0.2) is 12.6 Å². The molecule has 1 rings (SSSR count). The molecule has 0 spiro atoms. The van der Waals surface area contributed by atoms with Crippen molar-refractivity contribution in [1.82, 2.24) is 0 Å². The Morgan fingerprint density at radius 1 is 1.58 bits per heavy atom. The lowest BCUT2D eigenvalue weighted by Gasteiger charge is -2.17. The van der Waals surface area contributed by atoms with Crippen LogP contribution in [0, 0.1) is 6.07 Å². The number of hydrogen-bond acceptors (Lipinski definition) is 1. The summed E-state index contributed by atoms with van der Waals surface area (Å²) in [6.07, 6.45) is 0. The average Bonchev–Trinajstić information content (AvgIpc) is 2.07. The van der Waals surface area contributed by atoms with E-state index in [1.54, 1.807) is 24.3 Å². The maximum atomic E-state index is 10.9. The molecule has 0 saturated heterocycles. The topological polar surface area (TPSA) is 46.3 Å². The minimum atomic E-state index is -0.427. The third-order valence-electron chi connectivity index (χ3n) is 1.59. The van der Waals surface area contributed by atoms with E-state index in [9.17, 15) is 4.79 Å². The fourth-order valence-electron chi connectivity index (χ4n) is 1.02. The van der Waals surface area contributed by atoms with Crippen molar-refractivity contribution in [2.75, 3.05) is 11.4 Å². The number of amides is 2. The van der Waals surface area contributed by atoms with Crippen molar-refractivity contribution in [3.8, 4) is 0 Å². The number of anilines is 1. The smallest absolute Gasteiger partial charge is 0.319 e. The van der Waals surface area contributed by atoms with Crippen LogP contribution in [0.25, 0.3) is 0 Å². The summed E-state index contributed by atoms with van der Waals surface area (Å²) in [7, 11) is 0. The van der Waals surface area contributed by atoms with Gasteiger partial charge >= 0.3 is 6.03 Å². The first-order valence-electron chi connectivity index (χ1n) is 3.78. The molecule has 1 radical (unpaired) electrons. The SMILES string of the molecule is CCN(C(N)=O)c1cc[c]cc1. The maximum absolute atomic E-state index is 10.9. The molecule has 2 amide bonds. The van der Waals surface area contributed by atoms with Crippen molar-refractivity contribution in [3.63, 3.8) is 0 Å². The molecule has 1 aromatic rings. The number of primary amides is 1. The Kier molecular flexibility index (Phi) is 2.69.